The summed E-state index contributed by atoms with van der Waals surface area (Å²) in [5, 5.41) is 8.61. The van der Waals surface area contributed by atoms with Crippen molar-refractivity contribution in [3.05, 3.63) is 35.4 Å². The summed E-state index contributed by atoms with van der Waals surface area (Å²) >= 11 is 0. The number of hydrogen-bond acceptors (Lipinski definition) is 2. The molecule has 68 valence electrons. The van der Waals surface area contributed by atoms with Gasteiger partial charge in [0.15, 0.2) is 6.10 Å². The summed E-state index contributed by atoms with van der Waals surface area (Å²) in [5.74, 6) is -0.884. The third-order valence-corrected chi connectivity index (χ3v) is 2.14. The summed E-state index contributed by atoms with van der Waals surface area (Å²) in [6, 6.07) is 7.72. The van der Waals surface area contributed by atoms with Gasteiger partial charge in [0, 0.05) is 0 Å². The van der Waals surface area contributed by atoms with Crippen LogP contribution in [0.1, 0.15) is 17.2 Å². The highest BCUT2D eigenvalue weighted by molar-refractivity contribution is 5.76. The Kier molecular flexibility index (Phi) is 1.81. The van der Waals surface area contributed by atoms with E-state index in [9.17, 15) is 4.79 Å². The van der Waals surface area contributed by atoms with Crippen molar-refractivity contribution in [3.63, 3.8) is 0 Å². The molecule has 1 heterocycles. The fourth-order valence-electron chi connectivity index (χ4n) is 1.31. The van der Waals surface area contributed by atoms with Crippen molar-refractivity contribution < 1.29 is 14.6 Å². The molecular weight excluding hydrogens is 168 g/mol. The van der Waals surface area contributed by atoms with Gasteiger partial charge >= 0.3 is 5.97 Å². The van der Waals surface area contributed by atoms with Crippen molar-refractivity contribution in [1.29, 1.82) is 0 Å². The second-order valence-corrected chi connectivity index (χ2v) is 3.23. The maximum Gasteiger partial charge on any atom is 0.335 e. The van der Waals surface area contributed by atoms with E-state index in [4.69, 9.17) is 9.84 Å². The molecule has 0 saturated carbocycles. The molecule has 0 unspecified atom stereocenters. The van der Waals surface area contributed by atoms with E-state index < -0.39 is 12.1 Å². The van der Waals surface area contributed by atoms with Gasteiger partial charge in [-0.25, -0.2) is 4.79 Å². The van der Waals surface area contributed by atoms with Crippen LogP contribution in [0, 0.1) is 6.92 Å². The second-order valence-electron chi connectivity index (χ2n) is 3.23. The predicted molar refractivity (Wildman–Crippen MR) is 46.4 cm³/mol. The van der Waals surface area contributed by atoms with Crippen LogP contribution in [0.15, 0.2) is 24.3 Å². The second kappa shape index (κ2) is 2.85. The molecule has 2 atom stereocenters. The Morgan fingerprint density at radius 3 is 2.46 bits per heavy atom. The Morgan fingerprint density at radius 1 is 1.38 bits per heavy atom. The lowest BCUT2D eigenvalue weighted by Crippen LogP contribution is -2.04. The van der Waals surface area contributed by atoms with Crippen molar-refractivity contribution in [3.8, 4) is 0 Å². The van der Waals surface area contributed by atoms with Crippen molar-refractivity contribution in [2.45, 2.75) is 19.1 Å². The zero-order valence-electron chi connectivity index (χ0n) is 7.23. The number of benzene rings is 1. The van der Waals surface area contributed by atoms with Crippen LogP contribution in [-0.4, -0.2) is 17.2 Å². The van der Waals surface area contributed by atoms with E-state index >= 15 is 0 Å². The number of aliphatic carboxylic acids is 1. The first-order valence-electron chi connectivity index (χ1n) is 4.13. The summed E-state index contributed by atoms with van der Waals surface area (Å²) < 4.78 is 5.00. The van der Waals surface area contributed by atoms with Crippen molar-refractivity contribution >= 4 is 5.97 Å². The molecule has 0 amide bonds. The molecule has 1 aromatic rings. The molecule has 1 saturated heterocycles. The number of rotatable bonds is 2. The summed E-state index contributed by atoms with van der Waals surface area (Å²) in [6.45, 7) is 1.99. The Balaban J connectivity index is 2.12. The molecule has 0 aromatic heterocycles. The van der Waals surface area contributed by atoms with Gasteiger partial charge in [0.05, 0.1) is 0 Å². The molecule has 3 nitrogen and oxygen atoms in total. The molecule has 1 fully saturated rings. The number of carboxylic acid groups (broad SMARTS) is 1. The third kappa shape index (κ3) is 1.55. The zero-order valence-corrected chi connectivity index (χ0v) is 7.23. The number of carbonyl (C=O) groups is 1. The first kappa shape index (κ1) is 8.26. The van der Waals surface area contributed by atoms with Gasteiger partial charge in [-0.15, -0.1) is 0 Å². The summed E-state index contributed by atoms with van der Waals surface area (Å²) in [7, 11) is 0. The van der Waals surface area contributed by atoms with Gasteiger partial charge in [-0.3, -0.25) is 0 Å². The van der Waals surface area contributed by atoms with E-state index in [2.05, 4.69) is 0 Å². The van der Waals surface area contributed by atoms with Crippen LogP contribution >= 0.6 is 0 Å². The molecule has 0 aliphatic carbocycles. The van der Waals surface area contributed by atoms with Crippen molar-refractivity contribution in [1.82, 2.24) is 0 Å². The molecule has 1 N–H and O–H groups in total. The lowest BCUT2D eigenvalue weighted by Gasteiger charge is -1.95. The monoisotopic (exact) mass is 178 g/mol. The lowest BCUT2D eigenvalue weighted by molar-refractivity contribution is -0.138. The number of ether oxygens (including phenoxy) is 1. The van der Waals surface area contributed by atoms with Crippen LogP contribution < -0.4 is 0 Å². The fourth-order valence-corrected chi connectivity index (χ4v) is 1.31. The number of hydrogen-bond donors (Lipinski definition) is 1. The highest BCUT2D eigenvalue weighted by Crippen LogP contribution is 2.38. The minimum Gasteiger partial charge on any atom is -0.479 e. The topological polar surface area (TPSA) is 49.8 Å². The highest BCUT2D eigenvalue weighted by Gasteiger charge is 2.46. The maximum absolute atomic E-state index is 10.5. The minimum atomic E-state index is -0.884. The minimum absolute atomic E-state index is 0.238. The van der Waals surface area contributed by atoms with E-state index in [1.165, 1.54) is 0 Å². The normalized spacial score (nSPS) is 25.6. The molecule has 1 aliphatic rings. The van der Waals surface area contributed by atoms with Crippen LogP contribution in [0.4, 0.5) is 0 Å². The van der Waals surface area contributed by atoms with Crippen LogP contribution in [0.3, 0.4) is 0 Å². The molecular formula is C10H10O3. The number of carboxylic acids is 1. The molecule has 1 aliphatic heterocycles. The molecule has 0 radical (unpaired) electrons. The first-order chi connectivity index (χ1) is 6.18. The Hall–Kier alpha value is -1.35. The maximum atomic E-state index is 10.5. The van der Waals surface area contributed by atoms with Crippen molar-refractivity contribution in [2.24, 2.45) is 0 Å². The quantitative estimate of drug-likeness (QED) is 0.698. The average molecular weight is 178 g/mol. The fraction of sp³-hybridized carbons (Fsp3) is 0.300. The van der Waals surface area contributed by atoms with E-state index in [1.807, 2.05) is 31.2 Å². The molecule has 0 bridgehead atoms. The lowest BCUT2D eigenvalue weighted by atomic mass is 10.1. The van der Waals surface area contributed by atoms with Gasteiger partial charge in [-0.1, -0.05) is 29.8 Å². The smallest absolute Gasteiger partial charge is 0.335 e. The van der Waals surface area contributed by atoms with Gasteiger partial charge in [-0.2, -0.15) is 0 Å². The first-order valence-corrected chi connectivity index (χ1v) is 4.13. The van der Waals surface area contributed by atoms with Gasteiger partial charge in [0.1, 0.15) is 6.10 Å². The Morgan fingerprint density at radius 2 is 2.00 bits per heavy atom. The molecule has 2 rings (SSSR count). The standard InChI is InChI=1S/C10H10O3/c1-6-2-4-7(5-3-6)8-9(13-8)10(11)12/h2-5,8-9H,1H3,(H,11,12)/t8-,9+/m0/s1. The Bertz CT molecular complexity index is 329. The SMILES string of the molecule is Cc1ccc([C@@H]2O[C@H]2C(=O)O)cc1. The largest absolute Gasteiger partial charge is 0.479 e. The van der Waals surface area contributed by atoms with Crippen LogP contribution in [0.5, 0.6) is 0 Å². The van der Waals surface area contributed by atoms with E-state index in [0.717, 1.165) is 11.1 Å². The molecule has 13 heavy (non-hydrogen) atoms. The van der Waals surface area contributed by atoms with E-state index in [0.29, 0.717) is 0 Å². The third-order valence-electron chi connectivity index (χ3n) is 2.14. The van der Waals surface area contributed by atoms with Crippen LogP contribution in [-0.2, 0) is 9.53 Å². The number of epoxide rings is 1. The van der Waals surface area contributed by atoms with Crippen LogP contribution in [0.2, 0.25) is 0 Å². The van der Waals surface area contributed by atoms with Crippen LogP contribution in [0.25, 0.3) is 0 Å². The summed E-state index contributed by atoms with van der Waals surface area (Å²) in [6.07, 6.45) is -0.874. The summed E-state index contributed by atoms with van der Waals surface area (Å²) in [4.78, 5) is 10.5. The molecule has 0 spiro atoms. The van der Waals surface area contributed by atoms with E-state index in [1.54, 1.807) is 0 Å². The number of aryl methyl sites for hydroxylation is 1. The molecule has 3 heteroatoms. The van der Waals surface area contributed by atoms with E-state index in [-0.39, 0.29) is 6.10 Å². The van der Waals surface area contributed by atoms with Gasteiger partial charge in [0.2, 0.25) is 0 Å². The highest BCUT2D eigenvalue weighted by atomic mass is 16.6. The molecule has 1 aromatic carbocycles. The summed E-state index contributed by atoms with van der Waals surface area (Å²) in [5.41, 5.74) is 2.11. The van der Waals surface area contributed by atoms with Gasteiger partial charge in [-0.05, 0) is 12.5 Å². The van der Waals surface area contributed by atoms with Gasteiger partial charge < -0.3 is 9.84 Å². The Labute approximate surface area is 76.0 Å². The zero-order chi connectivity index (χ0) is 9.42. The average Bonchev–Trinajstić information content (AvgIpc) is 2.85. The van der Waals surface area contributed by atoms with Crippen molar-refractivity contribution in [2.75, 3.05) is 0 Å². The predicted octanol–water partition coefficient (Wildman–Crippen LogP) is 1.52. The van der Waals surface area contributed by atoms with Gasteiger partial charge in [0.25, 0.3) is 0 Å².